The average molecular weight is 280 g/mol. The Hall–Kier alpha value is -0.740. The van der Waals surface area contributed by atoms with Crippen molar-refractivity contribution in [1.29, 1.82) is 0 Å². The maximum absolute atomic E-state index is 13.2. The summed E-state index contributed by atoms with van der Waals surface area (Å²) in [6, 6.07) is 8.27. The van der Waals surface area contributed by atoms with Crippen LogP contribution in [0.4, 0.5) is 13.2 Å². The summed E-state index contributed by atoms with van der Waals surface area (Å²) in [6.07, 6.45) is -2.96. The van der Waals surface area contributed by atoms with E-state index in [1.807, 2.05) is 0 Å². The Morgan fingerprint density at radius 1 is 1.06 bits per heavy atom. The Bertz CT molecular complexity index is 347. The second kappa shape index (κ2) is 6.43. The fourth-order valence-corrected chi connectivity index (χ4v) is 2.57. The standard InChI is InChI=1S/C13H16F3N.ClH/c14-13(15,16)12(10-4-2-1-3-5-10)11-6-8-17-9-7-11;/h1-5,11-12,17H,6-9H2;1H. The van der Waals surface area contributed by atoms with Crippen molar-refractivity contribution in [1.82, 2.24) is 5.32 Å². The van der Waals surface area contributed by atoms with Gasteiger partial charge < -0.3 is 5.32 Å². The first-order chi connectivity index (χ1) is 8.09. The normalized spacial score (nSPS) is 19.1. The van der Waals surface area contributed by atoms with Gasteiger partial charge in [-0.1, -0.05) is 30.3 Å². The van der Waals surface area contributed by atoms with Gasteiger partial charge in [0, 0.05) is 0 Å². The van der Waals surface area contributed by atoms with E-state index in [4.69, 9.17) is 0 Å². The van der Waals surface area contributed by atoms with Crippen LogP contribution in [0.2, 0.25) is 0 Å². The van der Waals surface area contributed by atoms with E-state index in [1.165, 1.54) is 0 Å². The molecule has 1 fully saturated rings. The van der Waals surface area contributed by atoms with Crippen LogP contribution in [0, 0.1) is 5.92 Å². The summed E-state index contributed by atoms with van der Waals surface area (Å²) in [7, 11) is 0. The quantitative estimate of drug-likeness (QED) is 0.869. The summed E-state index contributed by atoms with van der Waals surface area (Å²) in [6.45, 7) is 1.37. The van der Waals surface area contributed by atoms with Gasteiger partial charge in [-0.15, -0.1) is 12.4 Å². The Labute approximate surface area is 111 Å². The van der Waals surface area contributed by atoms with Crippen molar-refractivity contribution in [2.75, 3.05) is 13.1 Å². The van der Waals surface area contributed by atoms with Gasteiger partial charge in [0.05, 0.1) is 5.92 Å². The zero-order valence-corrected chi connectivity index (χ0v) is 10.7. The number of hydrogen-bond acceptors (Lipinski definition) is 1. The van der Waals surface area contributed by atoms with E-state index < -0.39 is 12.1 Å². The Morgan fingerprint density at radius 2 is 1.61 bits per heavy atom. The van der Waals surface area contributed by atoms with Crippen LogP contribution in [0.15, 0.2) is 30.3 Å². The first-order valence-electron chi connectivity index (χ1n) is 5.91. The summed E-state index contributed by atoms with van der Waals surface area (Å²) in [5.41, 5.74) is 0.395. The maximum Gasteiger partial charge on any atom is 0.396 e. The molecule has 0 radical (unpaired) electrons. The van der Waals surface area contributed by atoms with E-state index in [1.54, 1.807) is 30.3 Å². The van der Waals surface area contributed by atoms with Crippen molar-refractivity contribution >= 4 is 12.4 Å². The van der Waals surface area contributed by atoms with Crippen molar-refractivity contribution < 1.29 is 13.2 Å². The van der Waals surface area contributed by atoms with E-state index >= 15 is 0 Å². The van der Waals surface area contributed by atoms with Gasteiger partial charge in [-0.3, -0.25) is 0 Å². The second-order valence-electron chi connectivity index (χ2n) is 4.52. The predicted octanol–water partition coefficient (Wildman–Crippen LogP) is 3.75. The smallest absolute Gasteiger partial charge is 0.317 e. The summed E-state index contributed by atoms with van der Waals surface area (Å²) in [5.74, 6) is -1.61. The first kappa shape index (κ1) is 15.3. The molecule has 0 spiro atoms. The van der Waals surface area contributed by atoms with Crippen molar-refractivity contribution in [2.45, 2.75) is 24.9 Å². The molecule has 1 nitrogen and oxygen atoms in total. The molecule has 1 aliphatic rings. The first-order valence-corrected chi connectivity index (χ1v) is 5.91. The topological polar surface area (TPSA) is 12.0 Å². The highest BCUT2D eigenvalue weighted by molar-refractivity contribution is 5.85. The monoisotopic (exact) mass is 279 g/mol. The van der Waals surface area contributed by atoms with E-state index in [-0.39, 0.29) is 18.3 Å². The number of piperidine rings is 1. The molecule has 0 amide bonds. The van der Waals surface area contributed by atoms with Gasteiger partial charge in [0.2, 0.25) is 0 Å². The molecule has 1 unspecified atom stereocenters. The highest BCUT2D eigenvalue weighted by Gasteiger charge is 2.45. The third-order valence-electron chi connectivity index (χ3n) is 3.37. The van der Waals surface area contributed by atoms with Crippen LogP contribution < -0.4 is 5.32 Å². The number of rotatable bonds is 2. The molecule has 5 heteroatoms. The molecule has 0 aromatic heterocycles. The van der Waals surface area contributed by atoms with Crippen molar-refractivity contribution in [2.24, 2.45) is 5.92 Å². The number of benzene rings is 1. The van der Waals surface area contributed by atoms with Crippen LogP contribution in [0.5, 0.6) is 0 Å². The number of halogens is 4. The Balaban J connectivity index is 0.00000162. The molecule has 2 rings (SSSR count). The molecule has 1 aromatic carbocycles. The summed E-state index contributed by atoms with van der Waals surface area (Å²) < 4.78 is 39.5. The Morgan fingerprint density at radius 3 is 2.11 bits per heavy atom. The highest BCUT2D eigenvalue weighted by Crippen LogP contribution is 2.43. The van der Waals surface area contributed by atoms with Gasteiger partial charge in [0.1, 0.15) is 0 Å². The van der Waals surface area contributed by atoms with Crippen LogP contribution in [-0.4, -0.2) is 19.3 Å². The second-order valence-corrected chi connectivity index (χ2v) is 4.52. The fraction of sp³-hybridized carbons (Fsp3) is 0.538. The average Bonchev–Trinajstić information content (AvgIpc) is 2.30. The SMILES string of the molecule is Cl.FC(F)(F)C(c1ccccc1)C1CCNCC1. The van der Waals surface area contributed by atoms with Crippen LogP contribution in [0.3, 0.4) is 0 Å². The molecule has 0 bridgehead atoms. The summed E-state index contributed by atoms with van der Waals surface area (Å²) in [5, 5.41) is 3.11. The van der Waals surface area contributed by atoms with Crippen LogP contribution in [0.1, 0.15) is 24.3 Å². The number of hydrogen-bond donors (Lipinski definition) is 1. The Kier molecular flexibility index (Phi) is 5.47. The minimum Gasteiger partial charge on any atom is -0.317 e. The van der Waals surface area contributed by atoms with E-state index in [0.717, 1.165) is 0 Å². The lowest BCUT2D eigenvalue weighted by Crippen LogP contribution is -2.36. The molecule has 1 heterocycles. The third-order valence-corrected chi connectivity index (χ3v) is 3.37. The molecule has 1 aromatic rings. The van der Waals surface area contributed by atoms with Crippen molar-refractivity contribution in [3.63, 3.8) is 0 Å². The lowest BCUT2D eigenvalue weighted by Gasteiger charge is -2.32. The molecular weight excluding hydrogens is 263 g/mol. The molecule has 1 N–H and O–H groups in total. The molecule has 0 saturated carbocycles. The fourth-order valence-electron chi connectivity index (χ4n) is 2.57. The minimum atomic E-state index is -4.15. The van der Waals surface area contributed by atoms with Gasteiger partial charge in [0.25, 0.3) is 0 Å². The molecular formula is C13H17ClF3N. The molecule has 18 heavy (non-hydrogen) atoms. The van der Waals surface area contributed by atoms with Crippen LogP contribution >= 0.6 is 12.4 Å². The van der Waals surface area contributed by atoms with Crippen molar-refractivity contribution in [3.05, 3.63) is 35.9 Å². The molecule has 0 aliphatic carbocycles. The van der Waals surface area contributed by atoms with Crippen molar-refractivity contribution in [3.8, 4) is 0 Å². The van der Waals surface area contributed by atoms with Crippen LogP contribution in [0.25, 0.3) is 0 Å². The predicted molar refractivity (Wildman–Crippen MR) is 68.1 cm³/mol. The highest BCUT2D eigenvalue weighted by atomic mass is 35.5. The van der Waals surface area contributed by atoms with Gasteiger partial charge in [-0.25, -0.2) is 0 Å². The van der Waals surface area contributed by atoms with E-state index in [2.05, 4.69) is 5.32 Å². The molecule has 1 atom stereocenters. The number of nitrogens with one attached hydrogen (secondary N) is 1. The lowest BCUT2D eigenvalue weighted by atomic mass is 9.80. The molecule has 1 saturated heterocycles. The minimum absolute atomic E-state index is 0. The van der Waals surface area contributed by atoms with Gasteiger partial charge in [-0.2, -0.15) is 13.2 Å². The zero-order chi connectivity index (χ0) is 12.3. The zero-order valence-electron chi connectivity index (χ0n) is 9.91. The van der Waals surface area contributed by atoms with Gasteiger partial charge in [-0.05, 0) is 37.4 Å². The van der Waals surface area contributed by atoms with Gasteiger partial charge >= 0.3 is 6.18 Å². The van der Waals surface area contributed by atoms with Crippen LogP contribution in [-0.2, 0) is 0 Å². The molecule has 102 valence electrons. The summed E-state index contributed by atoms with van der Waals surface area (Å²) >= 11 is 0. The summed E-state index contributed by atoms with van der Waals surface area (Å²) in [4.78, 5) is 0. The molecule has 1 aliphatic heterocycles. The third kappa shape index (κ3) is 3.62. The van der Waals surface area contributed by atoms with E-state index in [0.29, 0.717) is 31.5 Å². The maximum atomic E-state index is 13.2. The lowest BCUT2D eigenvalue weighted by molar-refractivity contribution is -0.164. The largest absolute Gasteiger partial charge is 0.396 e. The van der Waals surface area contributed by atoms with E-state index in [9.17, 15) is 13.2 Å². The van der Waals surface area contributed by atoms with Gasteiger partial charge in [0.15, 0.2) is 0 Å². The number of alkyl halides is 3.